The second-order valence-corrected chi connectivity index (χ2v) is 7.48. The Kier molecular flexibility index (Phi) is 4.45. The highest BCUT2D eigenvalue weighted by atomic mass is 79.9. The molecular weight excluding hydrogens is 360 g/mol. The standard InChI is InChI=1S/C14H14Br2S/c1-9-4-3-5-11(6-9)8-13(16)14-12(15)7-10(2)17-14/h3-7,13H,8H2,1-2H3. The van der Waals surface area contributed by atoms with Gasteiger partial charge in [-0.05, 0) is 47.8 Å². The lowest BCUT2D eigenvalue weighted by molar-refractivity contribution is 0.963. The first-order chi connectivity index (χ1) is 8.06. The number of hydrogen-bond acceptors (Lipinski definition) is 1. The number of halogens is 2. The van der Waals surface area contributed by atoms with Gasteiger partial charge in [0, 0.05) is 14.2 Å². The van der Waals surface area contributed by atoms with Crippen LogP contribution in [0.25, 0.3) is 0 Å². The van der Waals surface area contributed by atoms with Crippen LogP contribution in [0.5, 0.6) is 0 Å². The summed E-state index contributed by atoms with van der Waals surface area (Å²) in [6.07, 6.45) is 1.03. The molecule has 0 aliphatic carbocycles. The van der Waals surface area contributed by atoms with Crippen LogP contribution >= 0.6 is 43.2 Å². The fourth-order valence-electron chi connectivity index (χ4n) is 1.85. The summed E-state index contributed by atoms with van der Waals surface area (Å²) in [5, 5.41) is 0. The lowest BCUT2D eigenvalue weighted by Gasteiger charge is -2.09. The first-order valence-corrected chi connectivity index (χ1v) is 8.04. The number of thiophene rings is 1. The van der Waals surface area contributed by atoms with Crippen molar-refractivity contribution in [3.05, 3.63) is 55.7 Å². The second kappa shape index (κ2) is 5.68. The van der Waals surface area contributed by atoms with Crippen LogP contribution in [0.15, 0.2) is 34.8 Å². The molecule has 1 atom stereocenters. The van der Waals surface area contributed by atoms with Crippen molar-refractivity contribution in [1.29, 1.82) is 0 Å². The van der Waals surface area contributed by atoms with E-state index in [2.05, 4.69) is 76.0 Å². The quantitative estimate of drug-likeness (QED) is 0.596. The molecule has 0 aliphatic rings. The van der Waals surface area contributed by atoms with Crippen molar-refractivity contribution in [3.8, 4) is 0 Å². The maximum Gasteiger partial charge on any atom is 0.0540 e. The van der Waals surface area contributed by atoms with Gasteiger partial charge in [-0.25, -0.2) is 0 Å². The maximum atomic E-state index is 3.79. The van der Waals surface area contributed by atoms with Crippen LogP contribution in [-0.4, -0.2) is 0 Å². The van der Waals surface area contributed by atoms with Gasteiger partial charge in [0.2, 0.25) is 0 Å². The molecule has 0 spiro atoms. The van der Waals surface area contributed by atoms with Crippen LogP contribution < -0.4 is 0 Å². The highest BCUT2D eigenvalue weighted by molar-refractivity contribution is 9.11. The molecule has 0 radical (unpaired) electrons. The highest BCUT2D eigenvalue weighted by Crippen LogP contribution is 2.38. The molecule has 3 heteroatoms. The van der Waals surface area contributed by atoms with Crippen molar-refractivity contribution in [1.82, 2.24) is 0 Å². The Morgan fingerprint density at radius 1 is 1.24 bits per heavy atom. The van der Waals surface area contributed by atoms with Crippen molar-refractivity contribution in [2.45, 2.75) is 25.1 Å². The average Bonchev–Trinajstić information content (AvgIpc) is 2.58. The van der Waals surface area contributed by atoms with Crippen molar-refractivity contribution in [2.24, 2.45) is 0 Å². The van der Waals surface area contributed by atoms with Crippen molar-refractivity contribution in [2.75, 3.05) is 0 Å². The Balaban J connectivity index is 2.16. The number of hydrogen-bond donors (Lipinski definition) is 0. The van der Waals surface area contributed by atoms with Crippen molar-refractivity contribution < 1.29 is 0 Å². The molecule has 0 nitrogen and oxygen atoms in total. The molecule has 1 aromatic carbocycles. The molecule has 2 rings (SSSR count). The van der Waals surface area contributed by atoms with E-state index in [1.807, 2.05) is 11.3 Å². The van der Waals surface area contributed by atoms with E-state index in [-0.39, 0.29) is 0 Å². The third-order valence-electron chi connectivity index (χ3n) is 2.62. The van der Waals surface area contributed by atoms with E-state index < -0.39 is 0 Å². The summed E-state index contributed by atoms with van der Waals surface area (Å²) in [6.45, 7) is 4.28. The molecule has 1 heterocycles. The van der Waals surface area contributed by atoms with E-state index in [1.165, 1.54) is 25.4 Å². The van der Waals surface area contributed by atoms with Crippen LogP contribution in [0.2, 0.25) is 0 Å². The fourth-order valence-corrected chi connectivity index (χ4v) is 4.97. The Hall–Kier alpha value is -0.120. The van der Waals surface area contributed by atoms with E-state index in [9.17, 15) is 0 Å². The number of alkyl halides is 1. The van der Waals surface area contributed by atoms with Gasteiger partial charge in [0.1, 0.15) is 0 Å². The van der Waals surface area contributed by atoms with E-state index in [1.54, 1.807) is 0 Å². The van der Waals surface area contributed by atoms with Gasteiger partial charge >= 0.3 is 0 Å². The number of benzene rings is 1. The molecule has 0 aliphatic heterocycles. The van der Waals surface area contributed by atoms with Gasteiger partial charge in [-0.3, -0.25) is 0 Å². The largest absolute Gasteiger partial charge is 0.143 e. The molecule has 1 unspecified atom stereocenters. The molecule has 0 N–H and O–H groups in total. The molecule has 0 fully saturated rings. The van der Waals surface area contributed by atoms with Gasteiger partial charge < -0.3 is 0 Å². The average molecular weight is 374 g/mol. The zero-order valence-electron chi connectivity index (χ0n) is 9.84. The Bertz CT molecular complexity index is 517. The van der Waals surface area contributed by atoms with Gasteiger partial charge in [0.25, 0.3) is 0 Å². The van der Waals surface area contributed by atoms with Gasteiger partial charge in [-0.15, -0.1) is 11.3 Å². The second-order valence-electron chi connectivity index (χ2n) is 4.23. The lowest BCUT2D eigenvalue weighted by atomic mass is 10.1. The fraction of sp³-hybridized carbons (Fsp3) is 0.286. The maximum absolute atomic E-state index is 3.79. The number of aryl methyl sites for hydroxylation is 2. The molecule has 0 saturated carbocycles. The van der Waals surface area contributed by atoms with Crippen LogP contribution in [0, 0.1) is 13.8 Å². The van der Waals surface area contributed by atoms with E-state index in [4.69, 9.17) is 0 Å². The van der Waals surface area contributed by atoms with Gasteiger partial charge in [-0.1, -0.05) is 45.8 Å². The van der Waals surface area contributed by atoms with Gasteiger partial charge in [0.05, 0.1) is 4.83 Å². The van der Waals surface area contributed by atoms with E-state index >= 15 is 0 Å². The minimum atomic E-state index is 0.386. The Morgan fingerprint density at radius 3 is 2.59 bits per heavy atom. The SMILES string of the molecule is Cc1cccc(CC(Br)c2sc(C)cc2Br)c1. The Labute approximate surface area is 123 Å². The van der Waals surface area contributed by atoms with Crippen LogP contribution in [0.3, 0.4) is 0 Å². The predicted octanol–water partition coefficient (Wildman–Crippen LogP) is 5.81. The molecule has 90 valence electrons. The zero-order chi connectivity index (χ0) is 12.4. The molecule has 0 saturated heterocycles. The number of rotatable bonds is 3. The van der Waals surface area contributed by atoms with E-state index in [0.717, 1.165) is 6.42 Å². The van der Waals surface area contributed by atoms with Crippen LogP contribution in [0.1, 0.15) is 25.7 Å². The summed E-state index contributed by atoms with van der Waals surface area (Å²) in [4.78, 5) is 3.11. The smallest absolute Gasteiger partial charge is 0.0540 e. The molecule has 0 amide bonds. The van der Waals surface area contributed by atoms with Crippen LogP contribution in [-0.2, 0) is 6.42 Å². The summed E-state index contributed by atoms with van der Waals surface area (Å²) in [5.41, 5.74) is 2.70. The topological polar surface area (TPSA) is 0 Å². The zero-order valence-corrected chi connectivity index (χ0v) is 13.8. The first kappa shape index (κ1) is 13.3. The normalized spacial score (nSPS) is 12.7. The highest BCUT2D eigenvalue weighted by Gasteiger charge is 2.14. The van der Waals surface area contributed by atoms with Gasteiger partial charge in [-0.2, -0.15) is 0 Å². The molecule has 17 heavy (non-hydrogen) atoms. The third kappa shape index (κ3) is 3.43. The summed E-state index contributed by atoms with van der Waals surface area (Å²) in [5.74, 6) is 0. The minimum absolute atomic E-state index is 0.386. The Morgan fingerprint density at radius 2 is 2.00 bits per heavy atom. The van der Waals surface area contributed by atoms with E-state index in [0.29, 0.717) is 4.83 Å². The minimum Gasteiger partial charge on any atom is -0.143 e. The van der Waals surface area contributed by atoms with Crippen LogP contribution in [0.4, 0.5) is 0 Å². The third-order valence-corrected chi connectivity index (χ3v) is 5.79. The molecule has 0 bridgehead atoms. The monoisotopic (exact) mass is 372 g/mol. The summed E-state index contributed by atoms with van der Waals surface area (Å²) in [6, 6.07) is 10.9. The molecular formula is C14H14Br2S. The predicted molar refractivity (Wildman–Crippen MR) is 83.3 cm³/mol. The molecule has 1 aromatic heterocycles. The lowest BCUT2D eigenvalue weighted by Crippen LogP contribution is -1.94. The molecule has 2 aromatic rings. The first-order valence-electron chi connectivity index (χ1n) is 5.51. The summed E-state index contributed by atoms with van der Waals surface area (Å²) >= 11 is 9.27. The van der Waals surface area contributed by atoms with Crippen molar-refractivity contribution >= 4 is 43.2 Å². The summed E-state index contributed by atoms with van der Waals surface area (Å²) in [7, 11) is 0. The van der Waals surface area contributed by atoms with Crippen molar-refractivity contribution in [3.63, 3.8) is 0 Å². The summed E-state index contributed by atoms with van der Waals surface area (Å²) < 4.78 is 1.22. The van der Waals surface area contributed by atoms with Gasteiger partial charge in [0.15, 0.2) is 0 Å².